The average Bonchev–Trinajstić information content (AvgIpc) is 3.17. The summed E-state index contributed by atoms with van der Waals surface area (Å²) in [5, 5.41) is 15.2. The number of nitro groups is 1. The third-order valence-corrected chi connectivity index (χ3v) is 4.54. The molecule has 0 spiro atoms. The minimum atomic E-state index is -0.608. The highest BCUT2D eigenvalue weighted by atomic mass is 79.9. The Labute approximate surface area is 184 Å². The lowest BCUT2D eigenvalue weighted by molar-refractivity contribution is -0.384. The van der Waals surface area contributed by atoms with Crippen molar-refractivity contribution in [3.8, 4) is 5.75 Å². The predicted molar refractivity (Wildman–Crippen MR) is 114 cm³/mol. The molecule has 0 saturated heterocycles. The van der Waals surface area contributed by atoms with E-state index in [-0.39, 0.29) is 24.7 Å². The quantitative estimate of drug-likeness (QED) is 0.220. The summed E-state index contributed by atoms with van der Waals surface area (Å²) in [6, 6.07) is 10.5. The molecule has 0 atom stereocenters. The number of nitro benzene ring substituents is 1. The van der Waals surface area contributed by atoms with Crippen LogP contribution in [0.3, 0.4) is 0 Å². The van der Waals surface area contributed by atoms with Gasteiger partial charge in [0.25, 0.3) is 5.69 Å². The zero-order valence-electron chi connectivity index (χ0n) is 16.2. The molecular weight excluding hydrogens is 474 g/mol. The number of nitrogens with one attached hydrogen (secondary N) is 1. The van der Waals surface area contributed by atoms with Crippen LogP contribution in [0.4, 0.5) is 5.69 Å². The van der Waals surface area contributed by atoms with Gasteiger partial charge in [0.1, 0.15) is 11.3 Å². The molecule has 1 heterocycles. The van der Waals surface area contributed by atoms with Crippen molar-refractivity contribution < 1.29 is 28.4 Å². The molecule has 160 valence electrons. The number of carbonyl (C=O) groups is 2. The number of carbonyl (C=O) groups excluding carboxylic acids is 2. The van der Waals surface area contributed by atoms with E-state index in [0.717, 1.165) is 0 Å². The first-order chi connectivity index (χ1) is 14.9. The van der Waals surface area contributed by atoms with E-state index >= 15 is 0 Å². The molecule has 0 saturated carbocycles. The molecule has 1 amide bonds. The number of rotatable bonds is 8. The maximum atomic E-state index is 12.2. The zero-order chi connectivity index (χ0) is 22.4. The van der Waals surface area contributed by atoms with Crippen LogP contribution in [-0.2, 0) is 9.53 Å². The smallest absolute Gasteiger partial charge is 0.344 e. The standard InChI is InChI=1S/C20H16BrN3O7/c1-2-29-19(25)11-30-17-5-3-12(7-15(17)21)10-22-23-20(26)18-9-13-8-14(24(27)28)4-6-16(13)31-18/h3-10H,2,11H2,1H3,(H,23,26)/b22-10+. The van der Waals surface area contributed by atoms with E-state index in [1.807, 2.05) is 0 Å². The van der Waals surface area contributed by atoms with E-state index in [9.17, 15) is 19.7 Å². The fourth-order valence-corrected chi connectivity index (χ4v) is 3.04. The Bertz CT molecular complexity index is 1170. The van der Waals surface area contributed by atoms with Gasteiger partial charge in [-0.1, -0.05) is 0 Å². The van der Waals surface area contributed by atoms with Crippen LogP contribution in [0.5, 0.6) is 5.75 Å². The third-order valence-electron chi connectivity index (χ3n) is 3.92. The molecule has 1 aromatic heterocycles. The largest absolute Gasteiger partial charge is 0.481 e. The van der Waals surface area contributed by atoms with E-state index < -0.39 is 16.8 Å². The van der Waals surface area contributed by atoms with Gasteiger partial charge in [0.2, 0.25) is 0 Å². The van der Waals surface area contributed by atoms with Gasteiger partial charge in [-0.3, -0.25) is 14.9 Å². The zero-order valence-corrected chi connectivity index (χ0v) is 17.7. The molecule has 0 radical (unpaired) electrons. The Hall–Kier alpha value is -3.73. The van der Waals surface area contributed by atoms with Gasteiger partial charge in [-0.25, -0.2) is 10.2 Å². The fraction of sp³-hybridized carbons (Fsp3) is 0.150. The van der Waals surface area contributed by atoms with Gasteiger partial charge in [0.15, 0.2) is 12.4 Å². The molecule has 3 rings (SSSR count). The second-order valence-electron chi connectivity index (χ2n) is 6.07. The van der Waals surface area contributed by atoms with Gasteiger partial charge >= 0.3 is 11.9 Å². The number of hydrogen-bond acceptors (Lipinski definition) is 8. The van der Waals surface area contributed by atoms with Gasteiger partial charge < -0.3 is 13.9 Å². The summed E-state index contributed by atoms with van der Waals surface area (Å²) in [5.74, 6) is -0.659. The molecule has 31 heavy (non-hydrogen) atoms. The van der Waals surface area contributed by atoms with Crippen molar-refractivity contribution in [3.63, 3.8) is 0 Å². The van der Waals surface area contributed by atoms with Gasteiger partial charge in [0.05, 0.1) is 22.2 Å². The highest BCUT2D eigenvalue weighted by Gasteiger charge is 2.14. The summed E-state index contributed by atoms with van der Waals surface area (Å²) in [4.78, 5) is 33.9. The number of ether oxygens (including phenoxy) is 2. The van der Waals surface area contributed by atoms with Crippen molar-refractivity contribution in [2.24, 2.45) is 5.10 Å². The topological polar surface area (TPSA) is 133 Å². The normalized spacial score (nSPS) is 10.9. The second kappa shape index (κ2) is 9.85. The van der Waals surface area contributed by atoms with Gasteiger partial charge in [-0.15, -0.1) is 0 Å². The lowest BCUT2D eigenvalue weighted by Crippen LogP contribution is -2.16. The molecule has 0 bridgehead atoms. The Morgan fingerprint density at radius 3 is 2.77 bits per heavy atom. The van der Waals surface area contributed by atoms with Gasteiger partial charge in [-0.05, 0) is 58.7 Å². The van der Waals surface area contributed by atoms with E-state index in [1.54, 1.807) is 25.1 Å². The Morgan fingerprint density at radius 2 is 2.06 bits per heavy atom. The molecule has 0 fully saturated rings. The van der Waals surface area contributed by atoms with E-state index in [4.69, 9.17) is 13.9 Å². The number of hydrogen-bond donors (Lipinski definition) is 1. The number of amides is 1. The van der Waals surface area contributed by atoms with Crippen molar-refractivity contribution in [1.82, 2.24) is 5.43 Å². The average molecular weight is 490 g/mol. The van der Waals surface area contributed by atoms with Crippen molar-refractivity contribution >= 4 is 50.7 Å². The van der Waals surface area contributed by atoms with E-state index in [1.165, 1.54) is 30.5 Å². The highest BCUT2D eigenvalue weighted by Crippen LogP contribution is 2.26. The maximum absolute atomic E-state index is 12.2. The number of non-ortho nitro benzene ring substituents is 1. The van der Waals surface area contributed by atoms with Crippen LogP contribution >= 0.6 is 15.9 Å². The number of halogens is 1. The van der Waals surface area contributed by atoms with Gasteiger partial charge in [0, 0.05) is 17.5 Å². The number of benzene rings is 2. The molecule has 11 heteroatoms. The fourth-order valence-electron chi connectivity index (χ4n) is 2.53. The van der Waals surface area contributed by atoms with Crippen molar-refractivity contribution in [1.29, 1.82) is 0 Å². The first kappa shape index (κ1) is 22.0. The molecule has 0 aliphatic heterocycles. The van der Waals surface area contributed by atoms with Crippen LogP contribution in [0.15, 0.2) is 56.5 Å². The molecule has 10 nitrogen and oxygen atoms in total. The van der Waals surface area contributed by atoms with Crippen LogP contribution in [0.2, 0.25) is 0 Å². The molecule has 0 aliphatic rings. The summed E-state index contributed by atoms with van der Waals surface area (Å²) >= 11 is 3.34. The third kappa shape index (κ3) is 5.66. The first-order valence-corrected chi connectivity index (χ1v) is 9.76. The Balaban J connectivity index is 1.61. The first-order valence-electron chi connectivity index (χ1n) is 8.96. The summed E-state index contributed by atoms with van der Waals surface area (Å²) in [7, 11) is 0. The molecule has 1 N–H and O–H groups in total. The lowest BCUT2D eigenvalue weighted by Gasteiger charge is -2.08. The lowest BCUT2D eigenvalue weighted by atomic mass is 10.2. The van der Waals surface area contributed by atoms with E-state index in [0.29, 0.717) is 26.8 Å². The SMILES string of the molecule is CCOC(=O)COc1ccc(/C=N/NC(=O)c2cc3cc([N+](=O)[O-])ccc3o2)cc1Br. The number of esters is 1. The van der Waals surface area contributed by atoms with Crippen molar-refractivity contribution in [2.45, 2.75) is 6.92 Å². The minimum absolute atomic E-state index is 0.0310. The van der Waals surface area contributed by atoms with Crippen LogP contribution < -0.4 is 10.2 Å². The number of hydrazone groups is 1. The van der Waals surface area contributed by atoms with Crippen LogP contribution in [0, 0.1) is 10.1 Å². The summed E-state index contributed by atoms with van der Waals surface area (Å²) < 4.78 is 16.1. The highest BCUT2D eigenvalue weighted by molar-refractivity contribution is 9.10. The molecule has 3 aromatic rings. The van der Waals surface area contributed by atoms with E-state index in [2.05, 4.69) is 26.5 Å². The monoisotopic (exact) mass is 489 g/mol. The van der Waals surface area contributed by atoms with Crippen molar-refractivity contribution in [2.75, 3.05) is 13.2 Å². The summed E-state index contributed by atoms with van der Waals surface area (Å²) in [5.41, 5.74) is 3.23. The van der Waals surface area contributed by atoms with Crippen LogP contribution in [0.1, 0.15) is 23.0 Å². The molecule has 0 unspecified atom stereocenters. The van der Waals surface area contributed by atoms with Crippen LogP contribution in [0.25, 0.3) is 11.0 Å². The summed E-state index contributed by atoms with van der Waals surface area (Å²) in [6.07, 6.45) is 1.41. The van der Waals surface area contributed by atoms with Crippen LogP contribution in [-0.4, -0.2) is 36.2 Å². The number of furan rings is 1. The van der Waals surface area contributed by atoms with Gasteiger partial charge in [-0.2, -0.15) is 5.10 Å². The summed E-state index contributed by atoms with van der Waals surface area (Å²) in [6.45, 7) is 1.77. The molecular formula is C20H16BrN3O7. The number of fused-ring (bicyclic) bond motifs is 1. The maximum Gasteiger partial charge on any atom is 0.344 e. The Kier molecular flexibility index (Phi) is 6.98. The van der Waals surface area contributed by atoms with Crippen molar-refractivity contribution in [3.05, 3.63) is 68.4 Å². The molecule has 2 aromatic carbocycles. The minimum Gasteiger partial charge on any atom is -0.481 e. The Morgan fingerprint density at radius 1 is 1.26 bits per heavy atom. The predicted octanol–water partition coefficient (Wildman–Crippen LogP) is 3.81. The number of nitrogens with zero attached hydrogens (tertiary/aromatic N) is 2. The molecule has 0 aliphatic carbocycles. The second-order valence-corrected chi connectivity index (χ2v) is 6.93.